The van der Waals surface area contributed by atoms with Crippen LogP contribution in [0.2, 0.25) is 0 Å². The Labute approximate surface area is 97.6 Å². The molecule has 5 nitrogen and oxygen atoms in total. The first-order chi connectivity index (χ1) is 8.05. The highest BCUT2D eigenvalue weighted by atomic mass is 16.6. The van der Waals surface area contributed by atoms with Gasteiger partial charge in [0.15, 0.2) is 0 Å². The van der Waals surface area contributed by atoms with Gasteiger partial charge in [-0.1, -0.05) is 31.2 Å². The molecule has 0 spiro atoms. The minimum absolute atomic E-state index is 0.0493. The molecule has 0 saturated carbocycles. The smallest absolute Gasteiger partial charge is 0.285 e. The fourth-order valence-corrected chi connectivity index (χ4v) is 2.27. The first-order valence-electron chi connectivity index (χ1n) is 5.39. The number of hydrogen-bond acceptors (Lipinski definition) is 4. The molecule has 0 N–H and O–H groups in total. The van der Waals surface area contributed by atoms with Crippen LogP contribution in [0.25, 0.3) is 0 Å². The molecule has 1 aromatic rings. The number of carbonyl (C=O) groups is 2. The molecule has 1 aliphatic rings. The minimum atomic E-state index is -2.08. The van der Waals surface area contributed by atoms with Gasteiger partial charge in [0.1, 0.15) is 0 Å². The lowest BCUT2D eigenvalue weighted by atomic mass is 9.89. The third-order valence-corrected chi connectivity index (χ3v) is 3.09. The molecular formula is C12H11NO4. The van der Waals surface area contributed by atoms with E-state index in [1.165, 1.54) is 12.1 Å². The number of nitro groups is 1. The van der Waals surface area contributed by atoms with Crippen LogP contribution in [0.5, 0.6) is 0 Å². The van der Waals surface area contributed by atoms with Crippen molar-refractivity contribution in [1.29, 1.82) is 0 Å². The van der Waals surface area contributed by atoms with Crippen molar-refractivity contribution >= 4 is 11.6 Å². The van der Waals surface area contributed by atoms with Gasteiger partial charge in [-0.3, -0.25) is 19.7 Å². The maximum Gasteiger partial charge on any atom is 0.345 e. The Bertz CT molecular complexity index is 486. The third kappa shape index (κ3) is 1.32. The lowest BCUT2D eigenvalue weighted by Crippen LogP contribution is -2.48. The summed E-state index contributed by atoms with van der Waals surface area (Å²) in [5.41, 5.74) is -1.75. The van der Waals surface area contributed by atoms with Crippen molar-refractivity contribution in [3.63, 3.8) is 0 Å². The Morgan fingerprint density at radius 1 is 1.18 bits per heavy atom. The predicted molar refractivity (Wildman–Crippen MR) is 59.7 cm³/mol. The Morgan fingerprint density at radius 3 is 2.00 bits per heavy atom. The third-order valence-electron chi connectivity index (χ3n) is 3.09. The summed E-state index contributed by atoms with van der Waals surface area (Å²) in [7, 11) is 0. The fraction of sp³-hybridized carbons (Fsp3) is 0.333. The number of fused-ring (bicyclic) bond motifs is 1. The standard InChI is InChI=1S/C12H11NO4/c1-2-7-12(13(16)17)10(14)8-5-3-4-6-9(8)11(12)15/h3-6H,2,7H2,1H3. The highest BCUT2D eigenvalue weighted by Gasteiger charge is 2.62. The maximum atomic E-state index is 12.1. The molecule has 2 rings (SSSR count). The van der Waals surface area contributed by atoms with E-state index in [9.17, 15) is 19.7 Å². The maximum absolute atomic E-state index is 12.1. The lowest BCUT2D eigenvalue weighted by molar-refractivity contribution is -0.531. The molecule has 0 atom stereocenters. The number of nitrogens with zero attached hydrogens (tertiary/aromatic N) is 1. The normalized spacial score (nSPS) is 17.0. The Morgan fingerprint density at radius 2 is 1.65 bits per heavy atom. The molecule has 17 heavy (non-hydrogen) atoms. The number of hydrogen-bond donors (Lipinski definition) is 0. The molecule has 0 aromatic heterocycles. The number of benzene rings is 1. The van der Waals surface area contributed by atoms with Crippen molar-refractivity contribution in [1.82, 2.24) is 0 Å². The zero-order valence-corrected chi connectivity index (χ0v) is 9.30. The highest BCUT2D eigenvalue weighted by molar-refractivity contribution is 6.31. The summed E-state index contributed by atoms with van der Waals surface area (Å²) in [5, 5.41) is 11.2. The molecule has 0 fully saturated rings. The van der Waals surface area contributed by atoms with Gasteiger partial charge >= 0.3 is 5.54 Å². The van der Waals surface area contributed by atoms with E-state index >= 15 is 0 Å². The van der Waals surface area contributed by atoms with Gasteiger partial charge in [0.05, 0.1) is 0 Å². The molecule has 5 heteroatoms. The number of carbonyl (C=O) groups excluding carboxylic acids is 2. The fourth-order valence-electron chi connectivity index (χ4n) is 2.27. The molecule has 0 unspecified atom stereocenters. The van der Waals surface area contributed by atoms with Crippen molar-refractivity contribution in [2.75, 3.05) is 0 Å². The zero-order chi connectivity index (χ0) is 12.6. The van der Waals surface area contributed by atoms with Crippen LogP contribution in [0.3, 0.4) is 0 Å². The Kier molecular flexibility index (Phi) is 2.53. The number of Topliss-reactive ketones (excluding diaryl/α,β-unsaturated/α-hetero) is 2. The molecule has 0 bridgehead atoms. The summed E-state index contributed by atoms with van der Waals surface area (Å²) in [5.74, 6) is -1.35. The van der Waals surface area contributed by atoms with Crippen LogP contribution in [0.4, 0.5) is 0 Å². The second-order valence-corrected chi connectivity index (χ2v) is 4.07. The SMILES string of the molecule is CCCC1([N+](=O)[O-])C(=O)c2ccccc2C1=O. The lowest BCUT2D eigenvalue weighted by Gasteiger charge is -2.15. The summed E-state index contributed by atoms with van der Waals surface area (Å²) < 4.78 is 0. The minimum Gasteiger partial charge on any atom is -0.285 e. The second-order valence-electron chi connectivity index (χ2n) is 4.07. The average Bonchev–Trinajstić information content (AvgIpc) is 2.53. The van der Waals surface area contributed by atoms with Gasteiger partial charge in [-0.15, -0.1) is 0 Å². The van der Waals surface area contributed by atoms with E-state index in [1.807, 2.05) is 0 Å². The highest BCUT2D eigenvalue weighted by Crippen LogP contribution is 2.35. The topological polar surface area (TPSA) is 77.3 Å². The van der Waals surface area contributed by atoms with Crippen molar-refractivity contribution in [3.8, 4) is 0 Å². The van der Waals surface area contributed by atoms with Crippen LogP contribution >= 0.6 is 0 Å². The van der Waals surface area contributed by atoms with Crippen LogP contribution in [-0.2, 0) is 0 Å². The predicted octanol–water partition coefficient (Wildman–Crippen LogP) is 1.88. The summed E-state index contributed by atoms with van der Waals surface area (Å²) in [4.78, 5) is 34.6. The average molecular weight is 233 g/mol. The molecule has 88 valence electrons. The Balaban J connectivity index is 2.64. The summed E-state index contributed by atoms with van der Waals surface area (Å²) >= 11 is 0. The molecule has 0 heterocycles. The summed E-state index contributed by atoms with van der Waals surface area (Å²) in [6.45, 7) is 1.72. The molecule has 1 aromatic carbocycles. The van der Waals surface area contributed by atoms with E-state index in [4.69, 9.17) is 0 Å². The molecule has 0 radical (unpaired) electrons. The van der Waals surface area contributed by atoms with Gasteiger partial charge in [0.25, 0.3) is 0 Å². The number of rotatable bonds is 3. The zero-order valence-electron chi connectivity index (χ0n) is 9.30. The van der Waals surface area contributed by atoms with Crippen LogP contribution < -0.4 is 0 Å². The van der Waals surface area contributed by atoms with Gasteiger partial charge in [-0.25, -0.2) is 0 Å². The van der Waals surface area contributed by atoms with Crippen molar-refractivity contribution in [3.05, 3.63) is 45.5 Å². The molecule has 1 aliphatic carbocycles. The summed E-state index contributed by atoms with van der Waals surface area (Å²) in [6.07, 6.45) is 0.360. The van der Waals surface area contributed by atoms with Gasteiger partial charge in [0, 0.05) is 22.5 Å². The monoisotopic (exact) mass is 233 g/mol. The second kappa shape index (κ2) is 3.76. The van der Waals surface area contributed by atoms with E-state index in [1.54, 1.807) is 19.1 Å². The van der Waals surface area contributed by atoms with Crippen LogP contribution in [0, 0.1) is 10.1 Å². The van der Waals surface area contributed by atoms with Crippen molar-refractivity contribution in [2.45, 2.75) is 25.3 Å². The van der Waals surface area contributed by atoms with Crippen LogP contribution in [0.1, 0.15) is 40.5 Å². The number of ketones is 2. The van der Waals surface area contributed by atoms with E-state index < -0.39 is 22.0 Å². The van der Waals surface area contributed by atoms with Gasteiger partial charge in [0.2, 0.25) is 11.6 Å². The van der Waals surface area contributed by atoms with Gasteiger partial charge in [-0.05, 0) is 6.42 Å². The van der Waals surface area contributed by atoms with E-state index in [0.717, 1.165) is 0 Å². The molecule has 0 aliphatic heterocycles. The van der Waals surface area contributed by atoms with E-state index in [-0.39, 0.29) is 17.5 Å². The van der Waals surface area contributed by atoms with Crippen LogP contribution in [-0.4, -0.2) is 22.0 Å². The van der Waals surface area contributed by atoms with E-state index in [0.29, 0.717) is 6.42 Å². The van der Waals surface area contributed by atoms with Gasteiger partial charge < -0.3 is 0 Å². The van der Waals surface area contributed by atoms with Crippen LogP contribution in [0.15, 0.2) is 24.3 Å². The van der Waals surface area contributed by atoms with E-state index in [2.05, 4.69) is 0 Å². The Hall–Kier alpha value is -2.04. The first-order valence-corrected chi connectivity index (χ1v) is 5.39. The largest absolute Gasteiger partial charge is 0.345 e. The molecular weight excluding hydrogens is 222 g/mol. The molecule has 0 amide bonds. The quantitative estimate of drug-likeness (QED) is 0.453. The first kappa shape index (κ1) is 11.4. The summed E-state index contributed by atoms with van der Waals surface area (Å²) in [6, 6.07) is 6.14. The van der Waals surface area contributed by atoms with Crippen molar-refractivity contribution < 1.29 is 14.5 Å². The van der Waals surface area contributed by atoms with Crippen molar-refractivity contribution in [2.24, 2.45) is 0 Å². The molecule has 0 saturated heterocycles. The van der Waals surface area contributed by atoms with Gasteiger partial charge in [-0.2, -0.15) is 0 Å².